The summed E-state index contributed by atoms with van der Waals surface area (Å²) in [6.07, 6.45) is 3.36. The maximum atomic E-state index is 11.4. The lowest BCUT2D eigenvalue weighted by molar-refractivity contribution is -0.142. The molecule has 1 rings (SSSR count). The highest BCUT2D eigenvalue weighted by Crippen LogP contribution is 2.18. The molecule has 4 heteroatoms. The summed E-state index contributed by atoms with van der Waals surface area (Å²) in [5.74, 6) is -0.690. The van der Waals surface area contributed by atoms with E-state index in [-0.39, 0.29) is 18.4 Å². The molecule has 2 N–H and O–H groups in total. The summed E-state index contributed by atoms with van der Waals surface area (Å²) < 4.78 is 4.67. The highest BCUT2D eigenvalue weighted by atomic mass is 16.5. The van der Waals surface area contributed by atoms with Crippen LogP contribution in [0.4, 0.5) is 0 Å². The summed E-state index contributed by atoms with van der Waals surface area (Å²) >= 11 is 0. The minimum atomic E-state index is -0.386. The Labute approximate surface area is 83.1 Å². The zero-order chi connectivity index (χ0) is 10.6. The molecule has 0 fully saturated rings. The first kappa shape index (κ1) is 10.7. The molecule has 0 saturated carbocycles. The van der Waals surface area contributed by atoms with Gasteiger partial charge in [0.2, 0.25) is 0 Å². The fraction of sp³-hybridized carbons (Fsp3) is 0.400. The molecule has 0 aromatic carbocycles. The lowest BCUT2D eigenvalue weighted by Crippen LogP contribution is -2.23. The molecule has 0 saturated heterocycles. The van der Waals surface area contributed by atoms with Crippen molar-refractivity contribution in [3.63, 3.8) is 0 Å². The first-order chi connectivity index (χ1) is 6.70. The quantitative estimate of drug-likeness (QED) is 0.716. The molecular formula is C10H14N2O2. The number of pyridine rings is 1. The second-order valence-corrected chi connectivity index (χ2v) is 3.04. The zero-order valence-corrected chi connectivity index (χ0v) is 8.36. The molecule has 0 bridgehead atoms. The molecule has 1 aromatic heterocycles. The van der Waals surface area contributed by atoms with Crippen molar-refractivity contribution in [3.8, 4) is 0 Å². The second kappa shape index (κ2) is 4.72. The third-order valence-corrected chi connectivity index (χ3v) is 2.16. The largest absolute Gasteiger partial charge is 0.469 e. The Hall–Kier alpha value is -1.42. The van der Waals surface area contributed by atoms with Gasteiger partial charge in [-0.2, -0.15) is 0 Å². The van der Waals surface area contributed by atoms with E-state index in [2.05, 4.69) is 9.72 Å². The van der Waals surface area contributed by atoms with Gasteiger partial charge in [0.25, 0.3) is 0 Å². The van der Waals surface area contributed by atoms with Gasteiger partial charge in [-0.25, -0.2) is 0 Å². The number of carbonyl (C=O) groups excluding carboxylic acids is 1. The highest BCUT2D eigenvalue weighted by molar-refractivity contribution is 5.78. The van der Waals surface area contributed by atoms with Crippen molar-refractivity contribution in [2.24, 2.45) is 5.73 Å². The van der Waals surface area contributed by atoms with Crippen LogP contribution in [0.5, 0.6) is 0 Å². The van der Waals surface area contributed by atoms with Crippen LogP contribution < -0.4 is 5.73 Å². The van der Waals surface area contributed by atoms with Crippen LogP contribution >= 0.6 is 0 Å². The molecule has 0 spiro atoms. The van der Waals surface area contributed by atoms with Crippen molar-refractivity contribution in [3.05, 3.63) is 29.6 Å². The second-order valence-electron chi connectivity index (χ2n) is 3.04. The summed E-state index contributed by atoms with van der Waals surface area (Å²) in [4.78, 5) is 15.3. The molecule has 1 heterocycles. The molecule has 4 nitrogen and oxygen atoms in total. The number of hydrogen-bond donors (Lipinski definition) is 1. The van der Waals surface area contributed by atoms with Crippen LogP contribution in [0.25, 0.3) is 0 Å². The minimum Gasteiger partial charge on any atom is -0.469 e. The van der Waals surface area contributed by atoms with Gasteiger partial charge in [-0.1, -0.05) is 0 Å². The van der Waals surface area contributed by atoms with Crippen LogP contribution in [0.2, 0.25) is 0 Å². The van der Waals surface area contributed by atoms with E-state index in [1.165, 1.54) is 7.11 Å². The van der Waals surface area contributed by atoms with Gasteiger partial charge in [0.1, 0.15) is 0 Å². The van der Waals surface area contributed by atoms with Gasteiger partial charge in [0.05, 0.1) is 13.0 Å². The first-order valence-corrected chi connectivity index (χ1v) is 4.39. The fourth-order valence-electron chi connectivity index (χ4n) is 1.37. The highest BCUT2D eigenvalue weighted by Gasteiger charge is 2.20. The number of aromatic nitrogens is 1. The van der Waals surface area contributed by atoms with Crippen LogP contribution in [0.3, 0.4) is 0 Å². The van der Waals surface area contributed by atoms with E-state index in [1.54, 1.807) is 18.5 Å². The molecule has 0 amide bonds. The Morgan fingerprint density at radius 1 is 1.71 bits per heavy atom. The Morgan fingerprint density at radius 3 is 2.93 bits per heavy atom. The summed E-state index contributed by atoms with van der Waals surface area (Å²) in [7, 11) is 1.36. The molecule has 76 valence electrons. The number of nitrogens with two attached hydrogens (primary N) is 1. The average molecular weight is 194 g/mol. The topological polar surface area (TPSA) is 65.2 Å². The maximum absolute atomic E-state index is 11.4. The molecule has 1 aromatic rings. The van der Waals surface area contributed by atoms with Crippen LogP contribution in [0, 0.1) is 6.92 Å². The van der Waals surface area contributed by atoms with Crippen LogP contribution in [-0.2, 0) is 9.53 Å². The lowest BCUT2D eigenvalue weighted by atomic mass is 9.97. The summed E-state index contributed by atoms with van der Waals surface area (Å²) in [6.45, 7) is 2.14. The number of methoxy groups -OCH3 is 1. The Bertz CT molecular complexity index is 326. The normalized spacial score (nSPS) is 12.2. The molecule has 1 atom stereocenters. The molecular weight excluding hydrogens is 180 g/mol. The van der Waals surface area contributed by atoms with Crippen molar-refractivity contribution >= 4 is 5.97 Å². The Morgan fingerprint density at radius 2 is 2.43 bits per heavy atom. The minimum absolute atomic E-state index is 0.248. The Balaban J connectivity index is 3.01. The third kappa shape index (κ3) is 2.09. The van der Waals surface area contributed by atoms with Crippen molar-refractivity contribution in [2.75, 3.05) is 13.7 Å². The van der Waals surface area contributed by atoms with Gasteiger partial charge in [-0.05, 0) is 24.1 Å². The van der Waals surface area contributed by atoms with E-state index in [4.69, 9.17) is 5.73 Å². The van der Waals surface area contributed by atoms with Crippen molar-refractivity contribution in [1.82, 2.24) is 4.98 Å². The fourth-order valence-corrected chi connectivity index (χ4v) is 1.37. The van der Waals surface area contributed by atoms with Crippen LogP contribution in [-0.4, -0.2) is 24.6 Å². The van der Waals surface area contributed by atoms with Crippen LogP contribution in [0.1, 0.15) is 17.0 Å². The average Bonchev–Trinajstić information content (AvgIpc) is 2.21. The molecule has 1 unspecified atom stereocenters. The predicted octanol–water partition coefficient (Wildman–Crippen LogP) is 0.605. The molecule has 0 aliphatic carbocycles. The van der Waals surface area contributed by atoms with Gasteiger partial charge < -0.3 is 10.5 Å². The number of nitrogens with zero attached hydrogens (tertiary/aromatic N) is 1. The maximum Gasteiger partial charge on any atom is 0.314 e. The van der Waals surface area contributed by atoms with E-state index >= 15 is 0 Å². The predicted molar refractivity (Wildman–Crippen MR) is 52.8 cm³/mol. The first-order valence-electron chi connectivity index (χ1n) is 4.39. The zero-order valence-electron chi connectivity index (χ0n) is 8.36. The van der Waals surface area contributed by atoms with Crippen molar-refractivity contribution in [2.45, 2.75) is 12.8 Å². The Kier molecular flexibility index (Phi) is 3.59. The van der Waals surface area contributed by atoms with Crippen molar-refractivity contribution < 1.29 is 9.53 Å². The summed E-state index contributed by atoms with van der Waals surface area (Å²) in [5.41, 5.74) is 7.36. The van der Waals surface area contributed by atoms with Gasteiger partial charge in [0.15, 0.2) is 0 Å². The number of ether oxygens (including phenoxy) is 1. The van der Waals surface area contributed by atoms with Gasteiger partial charge in [-0.3, -0.25) is 9.78 Å². The number of hydrogen-bond acceptors (Lipinski definition) is 4. The number of carbonyl (C=O) groups is 1. The standard InChI is InChI=1S/C10H14N2O2/c1-7-6-12-4-3-8(7)9(5-11)10(13)14-2/h3-4,6,9H,5,11H2,1-2H3. The van der Waals surface area contributed by atoms with E-state index < -0.39 is 0 Å². The monoisotopic (exact) mass is 194 g/mol. The van der Waals surface area contributed by atoms with E-state index in [1.807, 2.05) is 6.92 Å². The molecule has 0 aliphatic heterocycles. The number of esters is 1. The van der Waals surface area contributed by atoms with E-state index in [0.717, 1.165) is 11.1 Å². The number of rotatable bonds is 3. The molecule has 0 radical (unpaired) electrons. The molecule has 0 aliphatic rings. The molecule has 14 heavy (non-hydrogen) atoms. The summed E-state index contributed by atoms with van der Waals surface area (Å²) in [5, 5.41) is 0. The van der Waals surface area contributed by atoms with E-state index in [9.17, 15) is 4.79 Å². The lowest BCUT2D eigenvalue weighted by Gasteiger charge is -2.14. The van der Waals surface area contributed by atoms with Crippen molar-refractivity contribution in [1.29, 1.82) is 0 Å². The van der Waals surface area contributed by atoms with Gasteiger partial charge >= 0.3 is 5.97 Å². The van der Waals surface area contributed by atoms with Gasteiger partial charge in [0, 0.05) is 18.9 Å². The summed E-state index contributed by atoms with van der Waals surface area (Å²) in [6, 6.07) is 1.80. The van der Waals surface area contributed by atoms with E-state index in [0.29, 0.717) is 0 Å². The SMILES string of the molecule is COC(=O)C(CN)c1ccncc1C. The third-order valence-electron chi connectivity index (χ3n) is 2.16. The number of aryl methyl sites for hydroxylation is 1. The smallest absolute Gasteiger partial charge is 0.314 e. The van der Waals surface area contributed by atoms with Crippen LogP contribution in [0.15, 0.2) is 18.5 Å². The van der Waals surface area contributed by atoms with Gasteiger partial charge in [-0.15, -0.1) is 0 Å².